The van der Waals surface area contributed by atoms with Gasteiger partial charge in [0.2, 0.25) is 0 Å². The van der Waals surface area contributed by atoms with Crippen molar-refractivity contribution < 1.29 is 4.79 Å². The average Bonchev–Trinajstić information content (AvgIpc) is 2.29. The van der Waals surface area contributed by atoms with Gasteiger partial charge >= 0.3 is 0 Å². The van der Waals surface area contributed by atoms with Gasteiger partial charge < -0.3 is 10.6 Å². The number of nitrogen functional groups attached to an aromatic ring is 1. The summed E-state index contributed by atoms with van der Waals surface area (Å²) in [5.74, 6) is -0.153. The summed E-state index contributed by atoms with van der Waals surface area (Å²) in [5.41, 5.74) is 6.41. The van der Waals surface area contributed by atoms with Crippen LogP contribution in [0.3, 0.4) is 0 Å². The van der Waals surface area contributed by atoms with Crippen LogP contribution in [0, 0.1) is 0 Å². The molecule has 0 atom stereocenters. The molecule has 1 heterocycles. The molecule has 0 saturated heterocycles. The molecule has 84 valence electrons. The monoisotopic (exact) mass is 217 g/mol. The fourth-order valence-corrected chi connectivity index (χ4v) is 1.25. The van der Waals surface area contributed by atoms with Crippen LogP contribution < -0.4 is 5.73 Å². The smallest absolute Gasteiger partial charge is 0.273 e. The van der Waals surface area contributed by atoms with Crippen molar-refractivity contribution in [2.75, 3.05) is 18.8 Å². The number of carbonyl (C=O) groups excluding carboxylic acids is 1. The molecular weight excluding hydrogens is 202 g/mol. The molecule has 1 aromatic heterocycles. The van der Waals surface area contributed by atoms with E-state index in [0.29, 0.717) is 24.5 Å². The number of hydrogen-bond acceptors (Lipinski definition) is 3. The number of rotatable bonds is 5. The van der Waals surface area contributed by atoms with Crippen LogP contribution in [-0.4, -0.2) is 28.9 Å². The number of anilines is 1. The number of hydrogen-bond donors (Lipinski definition) is 1. The van der Waals surface area contributed by atoms with E-state index < -0.39 is 0 Å². The van der Waals surface area contributed by atoms with E-state index in [4.69, 9.17) is 5.73 Å². The molecule has 1 rings (SSSR count). The topological polar surface area (TPSA) is 59.2 Å². The quantitative estimate of drug-likeness (QED) is 0.760. The Morgan fingerprint density at radius 1 is 1.38 bits per heavy atom. The summed E-state index contributed by atoms with van der Waals surface area (Å²) in [6, 6.07) is 3.26. The normalized spacial score (nSPS) is 9.50. The molecule has 0 aromatic carbocycles. The number of carbonyl (C=O) groups is 1. The lowest BCUT2D eigenvalue weighted by Gasteiger charge is -2.18. The van der Waals surface area contributed by atoms with Gasteiger partial charge in [-0.15, -0.1) is 13.2 Å². The van der Waals surface area contributed by atoms with Crippen LogP contribution in [0.15, 0.2) is 43.6 Å². The molecule has 0 aliphatic heterocycles. The first kappa shape index (κ1) is 12.0. The fourth-order valence-electron chi connectivity index (χ4n) is 1.25. The molecule has 16 heavy (non-hydrogen) atoms. The zero-order valence-corrected chi connectivity index (χ0v) is 9.10. The van der Waals surface area contributed by atoms with Gasteiger partial charge in [-0.3, -0.25) is 4.79 Å². The van der Waals surface area contributed by atoms with E-state index in [1.165, 1.54) is 6.20 Å². The molecular formula is C12H15N3O. The van der Waals surface area contributed by atoms with Gasteiger partial charge in [-0.25, -0.2) is 4.98 Å². The molecule has 0 radical (unpaired) electrons. The van der Waals surface area contributed by atoms with E-state index in [9.17, 15) is 4.79 Å². The Kier molecular flexibility index (Phi) is 4.27. The lowest BCUT2D eigenvalue weighted by Crippen LogP contribution is -2.31. The highest BCUT2D eigenvalue weighted by Crippen LogP contribution is 2.05. The van der Waals surface area contributed by atoms with Crippen LogP contribution in [0.4, 0.5) is 5.69 Å². The fraction of sp³-hybridized carbons (Fsp3) is 0.167. The van der Waals surface area contributed by atoms with E-state index in [0.717, 1.165) is 0 Å². The van der Waals surface area contributed by atoms with Gasteiger partial charge in [0.25, 0.3) is 5.91 Å². The third kappa shape index (κ3) is 2.95. The second-order valence-electron chi connectivity index (χ2n) is 3.26. The van der Waals surface area contributed by atoms with Crippen LogP contribution in [0.2, 0.25) is 0 Å². The Bertz CT molecular complexity index is 374. The van der Waals surface area contributed by atoms with Crippen LogP contribution in [0.1, 0.15) is 10.5 Å². The first-order valence-electron chi connectivity index (χ1n) is 4.91. The predicted molar refractivity (Wildman–Crippen MR) is 64.9 cm³/mol. The SMILES string of the molecule is C=CCN(CC=C)C(=O)c1ccc(N)cn1. The van der Waals surface area contributed by atoms with Gasteiger partial charge in [0.15, 0.2) is 0 Å². The van der Waals surface area contributed by atoms with Crippen molar-refractivity contribution >= 4 is 11.6 Å². The number of nitrogens with zero attached hydrogens (tertiary/aromatic N) is 2. The third-order valence-corrected chi connectivity index (χ3v) is 1.99. The maximum absolute atomic E-state index is 12.0. The summed E-state index contributed by atoms with van der Waals surface area (Å²) in [7, 11) is 0. The Labute approximate surface area is 95.1 Å². The van der Waals surface area contributed by atoms with Crippen LogP contribution in [0.25, 0.3) is 0 Å². The lowest BCUT2D eigenvalue weighted by molar-refractivity contribution is 0.0785. The summed E-state index contributed by atoms with van der Waals surface area (Å²) < 4.78 is 0. The predicted octanol–water partition coefficient (Wildman–Crippen LogP) is 1.48. The van der Waals surface area contributed by atoms with Crippen molar-refractivity contribution in [3.8, 4) is 0 Å². The van der Waals surface area contributed by atoms with Crippen molar-refractivity contribution in [2.24, 2.45) is 0 Å². The van der Waals surface area contributed by atoms with Gasteiger partial charge in [-0.1, -0.05) is 12.2 Å². The average molecular weight is 217 g/mol. The number of aromatic nitrogens is 1. The van der Waals surface area contributed by atoms with Crippen LogP contribution in [0.5, 0.6) is 0 Å². The molecule has 4 heteroatoms. The molecule has 4 nitrogen and oxygen atoms in total. The van der Waals surface area contributed by atoms with Gasteiger partial charge in [-0.05, 0) is 12.1 Å². The largest absolute Gasteiger partial charge is 0.397 e. The van der Waals surface area contributed by atoms with E-state index in [1.54, 1.807) is 29.2 Å². The maximum atomic E-state index is 12.0. The molecule has 0 unspecified atom stereocenters. The second-order valence-corrected chi connectivity index (χ2v) is 3.26. The Balaban J connectivity index is 2.84. The summed E-state index contributed by atoms with van der Waals surface area (Å²) in [6.07, 6.45) is 4.80. The van der Waals surface area contributed by atoms with E-state index in [-0.39, 0.29) is 5.91 Å². The molecule has 0 fully saturated rings. The molecule has 0 aliphatic carbocycles. The van der Waals surface area contributed by atoms with Crippen LogP contribution in [-0.2, 0) is 0 Å². The van der Waals surface area contributed by atoms with Crippen molar-refractivity contribution in [3.63, 3.8) is 0 Å². The third-order valence-electron chi connectivity index (χ3n) is 1.99. The number of pyridine rings is 1. The zero-order chi connectivity index (χ0) is 12.0. The zero-order valence-electron chi connectivity index (χ0n) is 9.10. The molecule has 0 aliphatic rings. The Morgan fingerprint density at radius 3 is 2.44 bits per heavy atom. The standard InChI is InChI=1S/C12H15N3O/c1-3-7-15(8-4-2)12(16)11-6-5-10(13)9-14-11/h3-6,9H,1-2,7-8,13H2. The Hall–Kier alpha value is -2.10. The lowest BCUT2D eigenvalue weighted by atomic mass is 10.3. The first-order chi connectivity index (χ1) is 7.69. The minimum atomic E-state index is -0.153. The summed E-state index contributed by atoms with van der Waals surface area (Å²) >= 11 is 0. The highest BCUT2D eigenvalue weighted by Gasteiger charge is 2.13. The molecule has 1 aromatic rings. The minimum Gasteiger partial charge on any atom is -0.397 e. The van der Waals surface area contributed by atoms with Crippen molar-refractivity contribution in [3.05, 3.63) is 49.3 Å². The van der Waals surface area contributed by atoms with Crippen molar-refractivity contribution in [2.45, 2.75) is 0 Å². The van der Waals surface area contributed by atoms with Crippen molar-refractivity contribution in [1.82, 2.24) is 9.88 Å². The molecule has 2 N–H and O–H groups in total. The van der Waals surface area contributed by atoms with Crippen LogP contribution >= 0.6 is 0 Å². The van der Waals surface area contributed by atoms with Gasteiger partial charge in [0.1, 0.15) is 5.69 Å². The first-order valence-corrected chi connectivity index (χ1v) is 4.91. The summed E-state index contributed by atoms with van der Waals surface area (Å²) in [4.78, 5) is 17.5. The summed E-state index contributed by atoms with van der Waals surface area (Å²) in [5, 5.41) is 0. The number of amides is 1. The summed E-state index contributed by atoms with van der Waals surface area (Å²) in [6.45, 7) is 8.15. The Morgan fingerprint density at radius 2 is 2.00 bits per heavy atom. The van der Waals surface area contributed by atoms with Gasteiger partial charge in [0.05, 0.1) is 11.9 Å². The molecule has 0 spiro atoms. The highest BCUT2D eigenvalue weighted by molar-refractivity contribution is 5.92. The second kappa shape index (κ2) is 5.70. The van der Waals surface area contributed by atoms with Gasteiger partial charge in [0, 0.05) is 13.1 Å². The highest BCUT2D eigenvalue weighted by atomic mass is 16.2. The van der Waals surface area contributed by atoms with E-state index >= 15 is 0 Å². The van der Waals surface area contributed by atoms with E-state index in [1.807, 2.05) is 0 Å². The number of nitrogens with two attached hydrogens (primary N) is 1. The maximum Gasteiger partial charge on any atom is 0.273 e. The minimum absolute atomic E-state index is 0.153. The van der Waals surface area contributed by atoms with E-state index in [2.05, 4.69) is 18.1 Å². The molecule has 0 saturated carbocycles. The van der Waals surface area contributed by atoms with Gasteiger partial charge in [-0.2, -0.15) is 0 Å². The molecule has 0 bridgehead atoms. The molecule has 1 amide bonds. The van der Waals surface area contributed by atoms with Crippen molar-refractivity contribution in [1.29, 1.82) is 0 Å².